The number of nitrogens with zero attached hydrogens (tertiary/aromatic N) is 1. The van der Waals surface area contributed by atoms with Crippen molar-refractivity contribution < 1.29 is 9.59 Å². The Kier molecular flexibility index (Phi) is 7.71. The largest absolute Gasteiger partial charge is 0.349 e. The molecule has 1 atom stereocenters. The van der Waals surface area contributed by atoms with Gasteiger partial charge in [-0.3, -0.25) is 9.59 Å². The Hall–Kier alpha value is -3.73. The predicted octanol–water partition coefficient (Wildman–Crippen LogP) is 4.58. The van der Waals surface area contributed by atoms with Gasteiger partial charge in [-0.05, 0) is 30.5 Å². The van der Waals surface area contributed by atoms with Crippen molar-refractivity contribution in [2.24, 2.45) is 5.10 Å². The number of carbonyl (C=O) groups is 2. The first kappa shape index (κ1) is 22.0. The van der Waals surface area contributed by atoms with Crippen LogP contribution in [0.1, 0.15) is 48.9 Å². The molecule has 5 nitrogen and oxygen atoms in total. The standard InChI is InChI=1S/C26H27N3O2/c1-19(18-24(30)27-20(2)21-12-6-3-7-13-21)28-29-26(31)25(22-14-8-4-9-15-22)23-16-10-5-11-17-23/h3-17,20,25H,18H2,1-2H3,(H,27,30)(H,29,31)/b28-19-/t20-/m1/s1. The molecule has 31 heavy (non-hydrogen) atoms. The highest BCUT2D eigenvalue weighted by Crippen LogP contribution is 2.24. The minimum Gasteiger partial charge on any atom is -0.349 e. The molecule has 0 aliphatic heterocycles. The van der Waals surface area contributed by atoms with Crippen LogP contribution >= 0.6 is 0 Å². The van der Waals surface area contributed by atoms with Gasteiger partial charge in [-0.25, -0.2) is 5.43 Å². The summed E-state index contributed by atoms with van der Waals surface area (Å²) in [6.45, 7) is 3.67. The zero-order valence-corrected chi connectivity index (χ0v) is 17.8. The third-order valence-electron chi connectivity index (χ3n) is 4.98. The van der Waals surface area contributed by atoms with Crippen molar-refractivity contribution in [3.8, 4) is 0 Å². The Morgan fingerprint density at radius 1 is 0.774 bits per heavy atom. The fourth-order valence-corrected chi connectivity index (χ4v) is 3.39. The number of hydrogen-bond donors (Lipinski definition) is 2. The fourth-order valence-electron chi connectivity index (χ4n) is 3.39. The quantitative estimate of drug-likeness (QED) is 0.419. The number of benzene rings is 3. The summed E-state index contributed by atoms with van der Waals surface area (Å²) >= 11 is 0. The van der Waals surface area contributed by atoms with Crippen LogP contribution in [-0.4, -0.2) is 17.5 Å². The molecule has 3 aromatic rings. The molecular formula is C26H27N3O2. The van der Waals surface area contributed by atoms with E-state index in [2.05, 4.69) is 15.8 Å². The molecule has 0 heterocycles. The molecular weight excluding hydrogens is 386 g/mol. The first-order valence-electron chi connectivity index (χ1n) is 10.3. The zero-order valence-electron chi connectivity index (χ0n) is 17.8. The van der Waals surface area contributed by atoms with E-state index in [0.29, 0.717) is 5.71 Å². The van der Waals surface area contributed by atoms with Crippen LogP contribution in [0.15, 0.2) is 96.1 Å². The molecule has 0 bridgehead atoms. The van der Waals surface area contributed by atoms with Crippen molar-refractivity contribution in [3.63, 3.8) is 0 Å². The number of carbonyl (C=O) groups excluding carboxylic acids is 2. The van der Waals surface area contributed by atoms with Gasteiger partial charge in [-0.1, -0.05) is 91.0 Å². The lowest BCUT2D eigenvalue weighted by Gasteiger charge is -2.17. The van der Waals surface area contributed by atoms with Gasteiger partial charge in [0.1, 0.15) is 0 Å². The Morgan fingerprint density at radius 3 is 1.71 bits per heavy atom. The van der Waals surface area contributed by atoms with Gasteiger partial charge in [-0.15, -0.1) is 0 Å². The van der Waals surface area contributed by atoms with Crippen LogP contribution in [0, 0.1) is 0 Å². The summed E-state index contributed by atoms with van der Waals surface area (Å²) in [6, 6.07) is 28.8. The minimum atomic E-state index is -0.481. The molecule has 0 spiro atoms. The average Bonchev–Trinajstić information content (AvgIpc) is 2.80. The monoisotopic (exact) mass is 413 g/mol. The number of nitrogens with one attached hydrogen (secondary N) is 2. The summed E-state index contributed by atoms with van der Waals surface area (Å²) < 4.78 is 0. The summed E-state index contributed by atoms with van der Waals surface area (Å²) in [7, 11) is 0. The van der Waals surface area contributed by atoms with E-state index in [0.717, 1.165) is 16.7 Å². The first-order valence-corrected chi connectivity index (χ1v) is 10.3. The van der Waals surface area contributed by atoms with E-state index in [1.165, 1.54) is 0 Å². The molecule has 0 fully saturated rings. The second kappa shape index (κ2) is 10.9. The van der Waals surface area contributed by atoms with Crippen LogP contribution in [0.3, 0.4) is 0 Å². The van der Waals surface area contributed by atoms with E-state index in [4.69, 9.17) is 0 Å². The molecule has 0 radical (unpaired) electrons. The van der Waals surface area contributed by atoms with E-state index < -0.39 is 5.92 Å². The Labute approximate surface area is 183 Å². The average molecular weight is 414 g/mol. The van der Waals surface area contributed by atoms with Gasteiger partial charge in [-0.2, -0.15) is 5.10 Å². The molecule has 3 aromatic carbocycles. The highest BCUT2D eigenvalue weighted by atomic mass is 16.2. The maximum absolute atomic E-state index is 13.0. The van der Waals surface area contributed by atoms with Crippen LogP contribution in [0.2, 0.25) is 0 Å². The lowest BCUT2D eigenvalue weighted by Crippen LogP contribution is -2.30. The van der Waals surface area contributed by atoms with Crippen molar-refractivity contribution in [2.75, 3.05) is 0 Å². The molecule has 0 aliphatic carbocycles. The Morgan fingerprint density at radius 2 is 1.23 bits per heavy atom. The maximum atomic E-state index is 13.0. The fraction of sp³-hybridized carbons (Fsp3) is 0.192. The van der Waals surface area contributed by atoms with Crippen LogP contribution in [0.25, 0.3) is 0 Å². The first-order chi connectivity index (χ1) is 15.0. The van der Waals surface area contributed by atoms with Gasteiger partial charge >= 0.3 is 0 Å². The lowest BCUT2D eigenvalue weighted by molar-refractivity contribution is -0.122. The molecule has 158 valence electrons. The molecule has 0 saturated carbocycles. The van der Waals surface area contributed by atoms with Crippen molar-refractivity contribution in [2.45, 2.75) is 32.2 Å². The summed E-state index contributed by atoms with van der Waals surface area (Å²) in [4.78, 5) is 25.3. The number of hydrazone groups is 1. The molecule has 0 saturated heterocycles. The zero-order chi connectivity index (χ0) is 22.1. The molecule has 3 rings (SSSR count). The summed E-state index contributed by atoms with van der Waals surface area (Å²) in [6.07, 6.45) is 0.110. The molecule has 2 amide bonds. The van der Waals surface area contributed by atoms with E-state index in [-0.39, 0.29) is 24.3 Å². The van der Waals surface area contributed by atoms with Crippen LogP contribution in [0.4, 0.5) is 0 Å². The van der Waals surface area contributed by atoms with Crippen molar-refractivity contribution in [1.82, 2.24) is 10.7 Å². The van der Waals surface area contributed by atoms with Crippen LogP contribution < -0.4 is 10.7 Å². The van der Waals surface area contributed by atoms with E-state index in [1.54, 1.807) is 6.92 Å². The predicted molar refractivity (Wildman–Crippen MR) is 124 cm³/mol. The molecule has 0 aliphatic rings. The highest BCUT2D eigenvalue weighted by molar-refractivity contribution is 6.00. The number of amides is 2. The second-order valence-electron chi connectivity index (χ2n) is 7.45. The van der Waals surface area contributed by atoms with Crippen molar-refractivity contribution in [3.05, 3.63) is 108 Å². The van der Waals surface area contributed by atoms with Crippen LogP contribution in [0.5, 0.6) is 0 Å². The van der Waals surface area contributed by atoms with Gasteiger partial charge in [0.2, 0.25) is 5.91 Å². The van der Waals surface area contributed by atoms with Gasteiger partial charge in [0.05, 0.1) is 18.4 Å². The highest BCUT2D eigenvalue weighted by Gasteiger charge is 2.22. The van der Waals surface area contributed by atoms with Crippen molar-refractivity contribution in [1.29, 1.82) is 0 Å². The Balaban J connectivity index is 1.63. The molecule has 0 aromatic heterocycles. The van der Waals surface area contributed by atoms with Gasteiger partial charge < -0.3 is 5.32 Å². The Bertz CT molecular complexity index is 979. The number of hydrogen-bond acceptors (Lipinski definition) is 3. The van der Waals surface area contributed by atoms with E-state index in [1.807, 2.05) is 97.9 Å². The second-order valence-corrected chi connectivity index (χ2v) is 7.45. The normalized spacial score (nSPS) is 12.3. The molecule has 5 heteroatoms. The summed E-state index contributed by atoms with van der Waals surface area (Å²) in [5.41, 5.74) is 5.97. The third kappa shape index (κ3) is 6.37. The van der Waals surface area contributed by atoms with Crippen molar-refractivity contribution >= 4 is 17.5 Å². The van der Waals surface area contributed by atoms with E-state index in [9.17, 15) is 9.59 Å². The summed E-state index contributed by atoms with van der Waals surface area (Å²) in [5, 5.41) is 7.13. The van der Waals surface area contributed by atoms with Gasteiger partial charge in [0, 0.05) is 5.71 Å². The lowest BCUT2D eigenvalue weighted by atomic mass is 9.91. The van der Waals surface area contributed by atoms with Gasteiger partial charge in [0.25, 0.3) is 5.91 Å². The topological polar surface area (TPSA) is 70.6 Å². The smallest absolute Gasteiger partial charge is 0.252 e. The molecule has 2 N–H and O–H groups in total. The van der Waals surface area contributed by atoms with Crippen LogP contribution in [-0.2, 0) is 9.59 Å². The maximum Gasteiger partial charge on any atom is 0.252 e. The number of rotatable bonds is 8. The third-order valence-corrected chi connectivity index (χ3v) is 4.98. The van der Waals surface area contributed by atoms with Gasteiger partial charge in [0.15, 0.2) is 0 Å². The van der Waals surface area contributed by atoms with E-state index >= 15 is 0 Å². The summed E-state index contributed by atoms with van der Waals surface area (Å²) in [5.74, 6) is -0.866. The molecule has 0 unspecified atom stereocenters. The minimum absolute atomic E-state index is 0.100. The SMILES string of the molecule is C/C(CC(=O)N[C@H](C)c1ccccc1)=N/NC(=O)C(c1ccccc1)c1ccccc1.